The highest BCUT2D eigenvalue weighted by atomic mass is 16.5. The van der Waals surface area contributed by atoms with Gasteiger partial charge < -0.3 is 20.3 Å². The van der Waals surface area contributed by atoms with Crippen LogP contribution in [0.15, 0.2) is 24.3 Å². The van der Waals surface area contributed by atoms with E-state index in [4.69, 9.17) is 14.9 Å². The van der Waals surface area contributed by atoms with Crippen molar-refractivity contribution in [2.45, 2.75) is 6.29 Å². The first-order valence-corrected chi connectivity index (χ1v) is 3.96. The molecule has 0 aliphatic rings. The number of anilines is 1. The number of aliphatic hydroxyl groups excluding tert-OH is 1. The van der Waals surface area contributed by atoms with Gasteiger partial charge in [0.25, 0.3) is 0 Å². The minimum atomic E-state index is -1.34. The van der Waals surface area contributed by atoms with Crippen LogP contribution in [0.5, 0.6) is 5.75 Å². The molecule has 0 spiro atoms. The van der Waals surface area contributed by atoms with Gasteiger partial charge in [0.1, 0.15) is 5.75 Å². The van der Waals surface area contributed by atoms with Crippen molar-refractivity contribution >= 4 is 5.69 Å². The van der Waals surface area contributed by atoms with Crippen LogP contribution in [0.1, 0.15) is 0 Å². The topological polar surface area (TPSA) is 61.7 Å². The van der Waals surface area contributed by atoms with E-state index in [0.29, 0.717) is 0 Å². The molecule has 72 valence electrons. The number of ether oxygens (including phenoxy) is 1. The number of aliphatic hydroxyl groups is 2. The minimum Gasteiger partial charge on any atom is -0.497 e. The van der Waals surface area contributed by atoms with Gasteiger partial charge in [-0.25, -0.2) is 0 Å². The second-order valence-corrected chi connectivity index (χ2v) is 2.59. The van der Waals surface area contributed by atoms with Gasteiger partial charge in [-0.3, -0.25) is 0 Å². The van der Waals surface area contributed by atoms with Gasteiger partial charge in [0.05, 0.1) is 13.7 Å². The van der Waals surface area contributed by atoms with Crippen LogP contribution >= 0.6 is 0 Å². The van der Waals surface area contributed by atoms with Gasteiger partial charge in [0.2, 0.25) is 0 Å². The van der Waals surface area contributed by atoms with Crippen LogP contribution in [0, 0.1) is 0 Å². The lowest BCUT2D eigenvalue weighted by atomic mass is 10.3. The third kappa shape index (κ3) is 3.31. The van der Waals surface area contributed by atoms with Gasteiger partial charge in [-0.1, -0.05) is 6.07 Å². The van der Waals surface area contributed by atoms with Gasteiger partial charge in [-0.05, 0) is 12.1 Å². The smallest absolute Gasteiger partial charge is 0.169 e. The predicted molar refractivity (Wildman–Crippen MR) is 49.7 cm³/mol. The molecular formula is C9H13NO3. The van der Waals surface area contributed by atoms with Crippen LogP contribution in [0.2, 0.25) is 0 Å². The fourth-order valence-corrected chi connectivity index (χ4v) is 0.942. The maximum absolute atomic E-state index is 8.60. The van der Waals surface area contributed by atoms with Crippen LogP contribution in [-0.4, -0.2) is 30.2 Å². The van der Waals surface area contributed by atoms with E-state index in [-0.39, 0.29) is 6.54 Å². The molecule has 0 unspecified atom stereocenters. The van der Waals surface area contributed by atoms with E-state index in [1.54, 1.807) is 13.2 Å². The van der Waals surface area contributed by atoms with E-state index in [0.717, 1.165) is 11.4 Å². The maximum Gasteiger partial charge on any atom is 0.169 e. The van der Waals surface area contributed by atoms with Crippen molar-refractivity contribution in [2.24, 2.45) is 0 Å². The molecule has 0 fully saturated rings. The average molecular weight is 183 g/mol. The molecule has 0 heterocycles. The largest absolute Gasteiger partial charge is 0.497 e. The number of nitrogens with one attached hydrogen (secondary N) is 1. The van der Waals surface area contributed by atoms with Crippen LogP contribution in [0.3, 0.4) is 0 Å². The Balaban J connectivity index is 2.56. The lowest BCUT2D eigenvalue weighted by Crippen LogP contribution is -2.18. The van der Waals surface area contributed by atoms with Crippen molar-refractivity contribution in [1.29, 1.82) is 0 Å². The molecule has 4 nitrogen and oxygen atoms in total. The first-order valence-electron chi connectivity index (χ1n) is 3.96. The molecule has 1 aromatic carbocycles. The second kappa shape index (κ2) is 4.69. The zero-order valence-corrected chi connectivity index (χ0v) is 7.40. The first kappa shape index (κ1) is 9.83. The lowest BCUT2D eigenvalue weighted by Gasteiger charge is -2.08. The Morgan fingerprint density at radius 1 is 1.46 bits per heavy atom. The normalized spacial score (nSPS) is 10.2. The summed E-state index contributed by atoms with van der Waals surface area (Å²) in [5, 5.41) is 20.0. The summed E-state index contributed by atoms with van der Waals surface area (Å²) in [5.74, 6) is 0.734. The average Bonchev–Trinajstić information content (AvgIpc) is 2.15. The Hall–Kier alpha value is -1.26. The van der Waals surface area contributed by atoms with E-state index < -0.39 is 6.29 Å². The molecule has 3 N–H and O–H groups in total. The summed E-state index contributed by atoms with van der Waals surface area (Å²) in [6, 6.07) is 7.25. The molecule has 1 rings (SSSR count). The minimum absolute atomic E-state index is 0.104. The number of hydrogen-bond donors (Lipinski definition) is 3. The van der Waals surface area contributed by atoms with Crippen molar-refractivity contribution in [3.8, 4) is 5.75 Å². The number of methoxy groups -OCH3 is 1. The molecule has 0 aliphatic carbocycles. The van der Waals surface area contributed by atoms with E-state index in [1.165, 1.54) is 0 Å². The predicted octanol–water partition coefficient (Wildman–Crippen LogP) is 0.418. The summed E-state index contributed by atoms with van der Waals surface area (Å²) < 4.78 is 5.00. The molecular weight excluding hydrogens is 170 g/mol. The van der Waals surface area contributed by atoms with E-state index in [9.17, 15) is 0 Å². The summed E-state index contributed by atoms with van der Waals surface area (Å²) in [4.78, 5) is 0. The molecule has 0 aromatic heterocycles. The summed E-state index contributed by atoms with van der Waals surface area (Å²) in [5.41, 5.74) is 0.799. The molecule has 0 aliphatic heterocycles. The van der Waals surface area contributed by atoms with Gasteiger partial charge >= 0.3 is 0 Å². The highest BCUT2D eigenvalue weighted by Crippen LogP contribution is 2.16. The van der Waals surface area contributed by atoms with Crippen LogP contribution < -0.4 is 10.1 Å². The first-order chi connectivity index (χ1) is 6.22. The molecule has 0 saturated heterocycles. The summed E-state index contributed by atoms with van der Waals surface area (Å²) in [6.07, 6.45) is -1.34. The highest BCUT2D eigenvalue weighted by Gasteiger charge is 1.98. The molecule has 0 radical (unpaired) electrons. The summed E-state index contributed by atoms with van der Waals surface area (Å²) >= 11 is 0. The molecule has 0 atom stereocenters. The molecule has 4 heteroatoms. The Kier molecular flexibility index (Phi) is 3.54. The van der Waals surface area contributed by atoms with Gasteiger partial charge in [-0.15, -0.1) is 0 Å². The van der Waals surface area contributed by atoms with Gasteiger partial charge in [0.15, 0.2) is 6.29 Å². The summed E-state index contributed by atoms with van der Waals surface area (Å²) in [7, 11) is 1.58. The van der Waals surface area contributed by atoms with E-state index >= 15 is 0 Å². The standard InChI is InChI=1S/C9H13NO3/c1-13-8-4-2-3-7(5-8)10-6-9(11)12/h2-5,9-12H,6H2,1H3. The molecule has 0 bridgehead atoms. The monoisotopic (exact) mass is 183 g/mol. The van der Waals surface area contributed by atoms with Gasteiger partial charge in [-0.2, -0.15) is 0 Å². The SMILES string of the molecule is COc1cccc(NCC(O)O)c1. The fourth-order valence-electron chi connectivity index (χ4n) is 0.942. The summed E-state index contributed by atoms with van der Waals surface area (Å²) in [6.45, 7) is 0.104. The van der Waals surface area contributed by atoms with Crippen LogP contribution in [0.25, 0.3) is 0 Å². The Morgan fingerprint density at radius 3 is 2.85 bits per heavy atom. The Morgan fingerprint density at radius 2 is 2.23 bits per heavy atom. The zero-order chi connectivity index (χ0) is 9.68. The molecule has 0 saturated carbocycles. The number of rotatable bonds is 4. The van der Waals surface area contributed by atoms with Crippen LogP contribution in [0.4, 0.5) is 5.69 Å². The quantitative estimate of drug-likeness (QED) is 0.592. The third-order valence-electron chi connectivity index (χ3n) is 1.56. The van der Waals surface area contributed by atoms with Crippen LogP contribution in [-0.2, 0) is 0 Å². The fraction of sp³-hybridized carbons (Fsp3) is 0.333. The maximum atomic E-state index is 8.60. The van der Waals surface area contributed by atoms with Crippen molar-refractivity contribution in [1.82, 2.24) is 0 Å². The zero-order valence-electron chi connectivity index (χ0n) is 7.40. The van der Waals surface area contributed by atoms with Crippen molar-refractivity contribution < 1.29 is 14.9 Å². The Labute approximate surface area is 76.8 Å². The van der Waals surface area contributed by atoms with E-state index in [2.05, 4.69) is 5.32 Å². The third-order valence-corrected chi connectivity index (χ3v) is 1.56. The van der Waals surface area contributed by atoms with Crippen molar-refractivity contribution in [3.63, 3.8) is 0 Å². The van der Waals surface area contributed by atoms with Crippen molar-refractivity contribution in [2.75, 3.05) is 19.0 Å². The highest BCUT2D eigenvalue weighted by molar-refractivity contribution is 5.48. The number of benzene rings is 1. The molecule has 1 aromatic rings. The lowest BCUT2D eigenvalue weighted by molar-refractivity contribution is -0.0275. The van der Waals surface area contributed by atoms with Gasteiger partial charge in [0, 0.05) is 11.8 Å². The second-order valence-electron chi connectivity index (χ2n) is 2.59. The van der Waals surface area contributed by atoms with E-state index in [1.807, 2.05) is 18.2 Å². The molecule has 0 amide bonds. The van der Waals surface area contributed by atoms with Crippen molar-refractivity contribution in [3.05, 3.63) is 24.3 Å². The number of hydrogen-bond acceptors (Lipinski definition) is 4. The molecule has 13 heavy (non-hydrogen) atoms. The Bertz CT molecular complexity index is 263.